The summed E-state index contributed by atoms with van der Waals surface area (Å²) < 4.78 is 11.2. The van der Waals surface area contributed by atoms with Crippen LogP contribution >= 0.6 is 0 Å². The van der Waals surface area contributed by atoms with Crippen LogP contribution < -0.4 is 5.32 Å². The van der Waals surface area contributed by atoms with Gasteiger partial charge in [-0.05, 0) is 12.8 Å². The van der Waals surface area contributed by atoms with Gasteiger partial charge in [0, 0.05) is 6.42 Å². The zero-order valence-electron chi connectivity index (χ0n) is 43.3. The van der Waals surface area contributed by atoms with Gasteiger partial charge in [0.15, 0.2) is 6.29 Å². The van der Waals surface area contributed by atoms with Gasteiger partial charge in [0.05, 0.1) is 25.4 Å². The number of carbonyl (C=O) groups is 1. The molecule has 10 nitrogen and oxygen atoms in total. The maximum atomic E-state index is 13.1. The lowest BCUT2D eigenvalue weighted by atomic mass is 9.98. The third-order valence-electron chi connectivity index (χ3n) is 14.3. The molecule has 0 spiro atoms. The van der Waals surface area contributed by atoms with Crippen LogP contribution in [-0.4, -0.2) is 98.7 Å². The maximum Gasteiger partial charge on any atom is 0.220 e. The van der Waals surface area contributed by atoms with Crippen LogP contribution in [0.1, 0.15) is 290 Å². The van der Waals surface area contributed by atoms with Gasteiger partial charge in [0.2, 0.25) is 5.91 Å². The monoisotopic (exact) mass is 942 g/mol. The fourth-order valence-electron chi connectivity index (χ4n) is 9.67. The Bertz CT molecular complexity index is 1020. The average molecular weight is 943 g/mol. The van der Waals surface area contributed by atoms with E-state index in [1.54, 1.807) is 0 Å². The molecule has 1 amide bonds. The molecule has 0 aliphatic carbocycles. The minimum atomic E-state index is -1.60. The number of aliphatic hydroxyl groups is 6. The summed E-state index contributed by atoms with van der Waals surface area (Å²) in [5, 5.41) is 65.4. The molecule has 0 aromatic rings. The van der Waals surface area contributed by atoms with E-state index >= 15 is 0 Å². The second kappa shape index (κ2) is 46.5. The fourth-order valence-corrected chi connectivity index (χ4v) is 9.67. The van der Waals surface area contributed by atoms with E-state index in [1.807, 2.05) is 0 Å². The van der Waals surface area contributed by atoms with Crippen LogP contribution in [0.5, 0.6) is 0 Å². The number of amides is 1. The highest BCUT2D eigenvalue weighted by Crippen LogP contribution is 2.24. The van der Waals surface area contributed by atoms with Crippen molar-refractivity contribution in [3.63, 3.8) is 0 Å². The highest BCUT2D eigenvalue weighted by Gasteiger charge is 2.44. The number of carbonyl (C=O) groups excluding carboxylic acids is 1. The van der Waals surface area contributed by atoms with Gasteiger partial charge in [0.1, 0.15) is 30.5 Å². The van der Waals surface area contributed by atoms with Gasteiger partial charge in [-0.1, -0.05) is 271 Å². The summed E-state index contributed by atoms with van der Waals surface area (Å²) >= 11 is 0. The molecular weight excluding hydrogens is 831 g/mol. The number of rotatable bonds is 50. The Balaban J connectivity index is 2.18. The molecule has 1 aliphatic rings. The minimum Gasteiger partial charge on any atom is -0.394 e. The molecule has 8 atom stereocenters. The maximum absolute atomic E-state index is 13.1. The summed E-state index contributed by atoms with van der Waals surface area (Å²) in [7, 11) is 0. The van der Waals surface area contributed by atoms with Crippen LogP contribution in [0.3, 0.4) is 0 Å². The lowest BCUT2D eigenvalue weighted by molar-refractivity contribution is -0.303. The van der Waals surface area contributed by atoms with E-state index in [0.29, 0.717) is 6.42 Å². The summed E-state index contributed by atoms with van der Waals surface area (Å²) in [6.07, 6.45) is 44.2. The topological polar surface area (TPSA) is 169 Å². The number of nitrogens with one attached hydrogen (secondary N) is 1. The summed E-state index contributed by atoms with van der Waals surface area (Å²) in [5.41, 5.74) is 0. The summed E-state index contributed by atoms with van der Waals surface area (Å²) in [6.45, 7) is 3.65. The fraction of sp³-hybridized carbons (Fsp3) is 0.982. The molecule has 2 unspecified atom stereocenters. The Morgan fingerprint density at radius 3 is 1.12 bits per heavy atom. The number of unbranched alkanes of at least 4 members (excludes halogenated alkanes) is 39. The van der Waals surface area contributed by atoms with Crippen LogP contribution in [0.25, 0.3) is 0 Å². The van der Waals surface area contributed by atoms with Crippen molar-refractivity contribution in [2.45, 2.75) is 339 Å². The van der Waals surface area contributed by atoms with Crippen LogP contribution in [0.4, 0.5) is 0 Å². The minimum absolute atomic E-state index is 0.251. The van der Waals surface area contributed by atoms with Gasteiger partial charge in [-0.25, -0.2) is 0 Å². The summed E-state index contributed by atoms with van der Waals surface area (Å²) in [6, 6.07) is -0.986. The largest absolute Gasteiger partial charge is 0.394 e. The summed E-state index contributed by atoms with van der Waals surface area (Å²) in [4.78, 5) is 13.1. The van der Waals surface area contributed by atoms with E-state index in [1.165, 1.54) is 225 Å². The van der Waals surface area contributed by atoms with E-state index < -0.39 is 55.6 Å². The molecule has 1 fully saturated rings. The SMILES string of the molecule is CCCCCCCCCCCCCCCCCCCCCCCCCCCCCCC(=O)N[C@@H](CO[C@@H]1O[C@H](CO)[C@H](O)C(O)C1O)[C@H](O)[C@H](O)CCCCCCCCCCCCCCC. The van der Waals surface area contributed by atoms with E-state index in [4.69, 9.17) is 9.47 Å². The zero-order valence-corrected chi connectivity index (χ0v) is 43.3. The van der Waals surface area contributed by atoms with Crippen molar-refractivity contribution < 1.29 is 44.9 Å². The smallest absolute Gasteiger partial charge is 0.220 e. The molecule has 1 heterocycles. The van der Waals surface area contributed by atoms with Crippen molar-refractivity contribution in [3.05, 3.63) is 0 Å². The van der Waals surface area contributed by atoms with Crippen molar-refractivity contribution in [3.8, 4) is 0 Å². The van der Waals surface area contributed by atoms with Crippen LogP contribution in [-0.2, 0) is 14.3 Å². The first-order valence-corrected chi connectivity index (χ1v) is 28.8. The molecule has 66 heavy (non-hydrogen) atoms. The second-order valence-electron chi connectivity index (χ2n) is 20.6. The second-order valence-corrected chi connectivity index (χ2v) is 20.6. The Morgan fingerprint density at radius 2 is 0.788 bits per heavy atom. The van der Waals surface area contributed by atoms with Crippen molar-refractivity contribution in [2.75, 3.05) is 13.2 Å². The van der Waals surface area contributed by atoms with Crippen LogP contribution in [0, 0.1) is 0 Å². The third kappa shape index (κ3) is 35.3. The van der Waals surface area contributed by atoms with Gasteiger partial charge in [-0.15, -0.1) is 0 Å². The van der Waals surface area contributed by atoms with Gasteiger partial charge in [-0.2, -0.15) is 0 Å². The number of aliphatic hydroxyl groups excluding tert-OH is 6. The summed E-state index contributed by atoms with van der Waals surface area (Å²) in [5.74, 6) is -0.251. The van der Waals surface area contributed by atoms with E-state index in [-0.39, 0.29) is 18.9 Å². The lowest BCUT2D eigenvalue weighted by Gasteiger charge is -2.40. The van der Waals surface area contributed by atoms with Crippen LogP contribution in [0.2, 0.25) is 0 Å². The first-order valence-electron chi connectivity index (χ1n) is 28.8. The average Bonchev–Trinajstić information content (AvgIpc) is 3.32. The Labute approximate surface area is 407 Å². The first kappa shape index (κ1) is 63.2. The molecule has 10 heteroatoms. The number of hydrogen-bond acceptors (Lipinski definition) is 9. The standard InChI is InChI=1S/C56H111NO9/c1-3-5-7-9-11-13-15-17-18-19-20-21-22-23-24-25-26-27-28-29-30-31-33-35-37-39-41-43-45-51(60)57-48(47-65-56-55(64)54(63)53(62)50(46-58)66-56)52(61)49(59)44-42-40-38-36-34-32-16-14-12-10-8-6-4-2/h48-50,52-56,58-59,61-64H,3-47H2,1-2H3,(H,57,60)/t48-,49+,50+,52-,53-,54?,55?,56+/m0/s1. The number of ether oxygens (including phenoxy) is 2. The number of hydrogen-bond donors (Lipinski definition) is 7. The molecule has 0 radical (unpaired) electrons. The molecule has 1 aliphatic heterocycles. The van der Waals surface area contributed by atoms with Gasteiger partial charge in [0.25, 0.3) is 0 Å². The molecule has 0 bridgehead atoms. The molecule has 0 aromatic carbocycles. The first-order chi connectivity index (χ1) is 32.3. The predicted molar refractivity (Wildman–Crippen MR) is 274 cm³/mol. The van der Waals surface area contributed by atoms with Gasteiger partial charge < -0.3 is 45.4 Å². The Morgan fingerprint density at radius 1 is 0.470 bits per heavy atom. The molecule has 0 aromatic heterocycles. The zero-order chi connectivity index (χ0) is 48.1. The molecule has 1 saturated heterocycles. The quantitative estimate of drug-likeness (QED) is 0.0294. The van der Waals surface area contributed by atoms with E-state index in [9.17, 15) is 35.4 Å². The third-order valence-corrected chi connectivity index (χ3v) is 14.3. The molecular formula is C56H111NO9. The van der Waals surface area contributed by atoms with Gasteiger partial charge in [-0.3, -0.25) is 4.79 Å². The van der Waals surface area contributed by atoms with Crippen LogP contribution in [0.15, 0.2) is 0 Å². The van der Waals surface area contributed by atoms with Crippen molar-refractivity contribution >= 4 is 5.91 Å². The van der Waals surface area contributed by atoms with Crippen molar-refractivity contribution in [2.24, 2.45) is 0 Å². The van der Waals surface area contributed by atoms with Crippen molar-refractivity contribution in [1.29, 1.82) is 0 Å². The molecule has 1 rings (SSSR count). The van der Waals surface area contributed by atoms with Crippen molar-refractivity contribution in [1.82, 2.24) is 5.32 Å². The van der Waals surface area contributed by atoms with E-state index in [2.05, 4.69) is 19.2 Å². The Kier molecular flexibility index (Phi) is 44.5. The molecule has 394 valence electrons. The van der Waals surface area contributed by atoms with E-state index in [0.717, 1.165) is 38.5 Å². The highest BCUT2D eigenvalue weighted by molar-refractivity contribution is 5.76. The molecule has 0 saturated carbocycles. The normalized spacial score (nSPS) is 20.2. The predicted octanol–water partition coefficient (Wildman–Crippen LogP) is 12.8. The Hall–Kier alpha value is -0.850. The highest BCUT2D eigenvalue weighted by atomic mass is 16.7. The van der Waals surface area contributed by atoms with Gasteiger partial charge >= 0.3 is 0 Å². The lowest BCUT2D eigenvalue weighted by Crippen LogP contribution is -2.60. The molecule has 7 N–H and O–H groups in total.